The van der Waals surface area contributed by atoms with Gasteiger partial charge in [0.2, 0.25) is 0 Å². The Balaban J connectivity index is 2.93. The van der Waals surface area contributed by atoms with E-state index in [1.54, 1.807) is 0 Å². The molecule has 1 saturated heterocycles. The van der Waals surface area contributed by atoms with E-state index in [2.05, 4.69) is 3.63 Å². The molecule has 1 fully saturated rings. The van der Waals surface area contributed by atoms with Gasteiger partial charge in [0.25, 0.3) is 0 Å². The molecule has 0 atom stereocenters. The zero-order valence-electron chi connectivity index (χ0n) is 12.1. The van der Waals surface area contributed by atoms with E-state index in [1.165, 1.54) is 0 Å². The average molecular weight is 364 g/mol. The van der Waals surface area contributed by atoms with Crippen LogP contribution in [0.2, 0.25) is 0 Å². The smallest absolute Gasteiger partial charge is 0.300 e. The topological polar surface area (TPSA) is 77.5 Å². The first kappa shape index (κ1) is 19.4. The second kappa shape index (κ2) is 7.31. The first-order chi connectivity index (χ1) is 10.0. The molecule has 1 heterocycles. The quantitative estimate of drug-likeness (QED) is 0.649. The Labute approximate surface area is 129 Å². The zero-order valence-corrected chi connectivity index (χ0v) is 13.8. The molecule has 0 aromatic carbocycles. The van der Waals surface area contributed by atoms with Crippen molar-refractivity contribution >= 4 is 32.0 Å². The number of hydrogen-bond donors (Lipinski definition) is 0. The van der Waals surface area contributed by atoms with Crippen molar-refractivity contribution in [2.24, 2.45) is 0 Å². The highest BCUT2D eigenvalue weighted by atomic mass is 32.3. The van der Waals surface area contributed by atoms with Gasteiger partial charge in [0.05, 0.1) is 5.75 Å². The molecule has 0 radical (unpaired) electrons. The lowest BCUT2D eigenvalue weighted by Gasteiger charge is -2.40. The summed E-state index contributed by atoms with van der Waals surface area (Å²) in [6.07, 6.45) is 1.40. The summed E-state index contributed by atoms with van der Waals surface area (Å²) in [5.74, 6) is -1.03. The van der Waals surface area contributed by atoms with Gasteiger partial charge in [-0.3, -0.25) is 9.59 Å². The lowest BCUT2D eigenvalue weighted by molar-refractivity contribution is -0.119. The molecule has 0 spiro atoms. The number of Topliss-reactive ketones (excluding diaryl/α,β-unsaturated/α-hetero) is 2. The van der Waals surface area contributed by atoms with Gasteiger partial charge in [-0.15, -0.1) is 10.3 Å². The van der Waals surface area contributed by atoms with Crippen LogP contribution in [0.4, 0.5) is 13.2 Å². The lowest BCUT2D eigenvalue weighted by Crippen LogP contribution is -2.34. The molecule has 0 unspecified atom stereocenters. The van der Waals surface area contributed by atoms with Crippen LogP contribution < -0.4 is 0 Å². The fourth-order valence-electron chi connectivity index (χ4n) is 2.03. The Morgan fingerprint density at radius 2 is 1.82 bits per heavy atom. The Kier molecular flexibility index (Phi) is 6.46. The Morgan fingerprint density at radius 3 is 2.27 bits per heavy atom. The van der Waals surface area contributed by atoms with Crippen LogP contribution in [0, 0.1) is 0 Å². The van der Waals surface area contributed by atoms with Crippen LogP contribution >= 0.6 is 10.3 Å². The van der Waals surface area contributed by atoms with E-state index in [4.69, 9.17) is 0 Å². The Morgan fingerprint density at radius 1 is 1.27 bits per heavy atom. The van der Waals surface area contributed by atoms with Gasteiger partial charge in [-0.2, -0.15) is 21.6 Å². The molecule has 0 N–H and O–H groups in total. The molecular weight excluding hydrogens is 345 g/mol. The highest BCUT2D eigenvalue weighted by molar-refractivity contribution is 8.33. The minimum absolute atomic E-state index is 0.0518. The third-order valence-electron chi connectivity index (χ3n) is 3.26. The summed E-state index contributed by atoms with van der Waals surface area (Å²) in [5.41, 5.74) is -5.53. The van der Waals surface area contributed by atoms with E-state index in [0.717, 1.165) is 6.42 Å². The number of halogens is 3. The van der Waals surface area contributed by atoms with Crippen molar-refractivity contribution in [3.05, 3.63) is 0 Å². The van der Waals surface area contributed by atoms with Crippen LogP contribution in [0.1, 0.15) is 39.0 Å². The minimum atomic E-state index is -5.77. The number of hydrogen-bond acceptors (Lipinski definition) is 5. The number of carbonyl (C=O) groups excluding carboxylic acids is 2. The predicted molar refractivity (Wildman–Crippen MR) is 77.0 cm³/mol. The van der Waals surface area contributed by atoms with Crippen LogP contribution in [0.25, 0.3) is 0 Å². The summed E-state index contributed by atoms with van der Waals surface area (Å²) in [5, 5.41) is 0. The summed E-state index contributed by atoms with van der Waals surface area (Å²) < 4.78 is 64.6. The van der Waals surface area contributed by atoms with E-state index in [-0.39, 0.29) is 48.1 Å². The molecule has 0 aromatic rings. The monoisotopic (exact) mass is 364 g/mol. The van der Waals surface area contributed by atoms with Crippen molar-refractivity contribution in [3.63, 3.8) is 0 Å². The fraction of sp³-hybridized carbons (Fsp3) is 0.833. The molecule has 0 amide bonds. The average Bonchev–Trinajstić information content (AvgIpc) is 2.38. The van der Waals surface area contributed by atoms with Gasteiger partial charge in [0.1, 0.15) is 11.6 Å². The van der Waals surface area contributed by atoms with Crippen molar-refractivity contribution in [3.8, 4) is 0 Å². The largest absolute Gasteiger partial charge is 0.523 e. The van der Waals surface area contributed by atoms with Gasteiger partial charge >= 0.3 is 15.6 Å². The number of ketones is 2. The zero-order chi connectivity index (χ0) is 17.0. The normalized spacial score (nSPS) is 20.6. The molecule has 5 nitrogen and oxygen atoms in total. The molecule has 0 aromatic heterocycles. The van der Waals surface area contributed by atoms with Crippen LogP contribution in [-0.2, 0) is 23.3 Å². The lowest BCUT2D eigenvalue weighted by atomic mass is 10.2. The van der Waals surface area contributed by atoms with Gasteiger partial charge in [0, 0.05) is 30.8 Å². The first-order valence-corrected chi connectivity index (χ1v) is 10.3. The predicted octanol–water partition coefficient (Wildman–Crippen LogP) is 2.69. The summed E-state index contributed by atoms with van der Waals surface area (Å²) >= 11 is 0. The fourth-order valence-corrected chi connectivity index (χ4v) is 7.02. The number of alkyl halides is 3. The second-order valence-corrected chi connectivity index (χ2v) is 10.1. The van der Waals surface area contributed by atoms with Crippen molar-refractivity contribution in [1.29, 1.82) is 0 Å². The maximum absolute atomic E-state index is 12.5. The van der Waals surface area contributed by atoms with Gasteiger partial charge < -0.3 is 0 Å². The number of rotatable bonds is 7. The molecule has 10 heteroatoms. The molecule has 0 bridgehead atoms. The molecule has 0 aliphatic carbocycles. The maximum atomic E-state index is 12.5. The van der Waals surface area contributed by atoms with Crippen LogP contribution in [0.3, 0.4) is 0 Å². The molecule has 1 aliphatic heterocycles. The van der Waals surface area contributed by atoms with E-state index >= 15 is 0 Å². The van der Waals surface area contributed by atoms with Crippen molar-refractivity contribution in [2.45, 2.75) is 44.5 Å². The van der Waals surface area contributed by atoms with Crippen molar-refractivity contribution in [1.82, 2.24) is 0 Å². The van der Waals surface area contributed by atoms with Gasteiger partial charge in [-0.25, -0.2) is 3.63 Å². The van der Waals surface area contributed by atoms with E-state index in [9.17, 15) is 31.2 Å². The van der Waals surface area contributed by atoms with Gasteiger partial charge in [0.15, 0.2) is 0 Å². The van der Waals surface area contributed by atoms with E-state index in [1.807, 2.05) is 6.92 Å². The Hall–Kier alpha value is -0.610. The summed E-state index contributed by atoms with van der Waals surface area (Å²) in [6, 6.07) is 0. The van der Waals surface area contributed by atoms with Crippen LogP contribution in [0.15, 0.2) is 0 Å². The van der Waals surface area contributed by atoms with E-state index < -0.39 is 25.9 Å². The molecule has 1 aliphatic rings. The number of unbranched alkanes of at least 4 members (excludes halogenated alkanes) is 1. The molecular formula is C12H19F3O5S2. The highest BCUT2D eigenvalue weighted by Crippen LogP contribution is 2.55. The third-order valence-corrected chi connectivity index (χ3v) is 8.44. The summed E-state index contributed by atoms with van der Waals surface area (Å²) in [4.78, 5) is 23.1. The van der Waals surface area contributed by atoms with Crippen molar-refractivity contribution in [2.75, 3.05) is 17.3 Å². The third kappa shape index (κ3) is 5.24. The Bertz CT molecular complexity index is 517. The minimum Gasteiger partial charge on any atom is -0.300 e. The SMILES string of the molecule is CCCCC(=O)CS1(OS(=O)(=O)C(F)(F)F)CCC(=O)CC1. The molecule has 130 valence electrons. The summed E-state index contributed by atoms with van der Waals surface area (Å²) in [6.45, 7) is 1.86. The number of carbonyl (C=O) groups is 2. The highest BCUT2D eigenvalue weighted by Gasteiger charge is 2.51. The van der Waals surface area contributed by atoms with Gasteiger partial charge in [-0.05, 0) is 6.42 Å². The summed E-state index contributed by atoms with van der Waals surface area (Å²) in [7, 11) is -8.55. The van der Waals surface area contributed by atoms with Crippen molar-refractivity contribution < 1.29 is 34.8 Å². The van der Waals surface area contributed by atoms with E-state index in [0.29, 0.717) is 6.42 Å². The standard InChI is InChI=1S/C12H19F3O5S2/c1-2-3-4-11(17)9-21(7-5-10(16)6-8-21)20-22(18,19)12(13,14)15/h2-9H2,1H3. The molecule has 22 heavy (non-hydrogen) atoms. The van der Waals surface area contributed by atoms with Crippen LogP contribution in [-0.4, -0.2) is 42.8 Å². The molecule has 0 saturated carbocycles. The maximum Gasteiger partial charge on any atom is 0.523 e. The first-order valence-electron chi connectivity index (χ1n) is 6.83. The van der Waals surface area contributed by atoms with Crippen LogP contribution in [0.5, 0.6) is 0 Å². The van der Waals surface area contributed by atoms with Gasteiger partial charge in [-0.1, -0.05) is 13.3 Å². The molecule has 1 rings (SSSR count). The second-order valence-electron chi connectivity index (χ2n) is 5.17.